The summed E-state index contributed by atoms with van der Waals surface area (Å²) in [5.74, 6) is 0. The molecule has 4 rings (SSSR count). The van der Waals surface area contributed by atoms with Gasteiger partial charge >= 0.3 is 113 Å². The van der Waals surface area contributed by atoms with Crippen LogP contribution in [0.2, 0.25) is 0 Å². The molecule has 8 heteroatoms. The zero-order chi connectivity index (χ0) is 22.1. The molecular formula is C24H20Fe4O4+12. The zero-order valence-electron chi connectivity index (χ0n) is 16.6. The molecule has 4 nitrogen and oxygen atoms in total. The van der Waals surface area contributed by atoms with Gasteiger partial charge in [0.15, 0.2) is 0 Å². The molecular weight excluding hydrogens is 576 g/mol. The first kappa shape index (κ1) is 52.4. The first-order valence-electron chi connectivity index (χ1n) is 7.48. The summed E-state index contributed by atoms with van der Waals surface area (Å²) in [5, 5.41) is 0. The fourth-order valence-electron chi connectivity index (χ4n) is 1.28. The largest absolute Gasteiger partial charge is 5.00 e. The molecule has 0 unspecified atom stereocenters. The third-order valence-electron chi connectivity index (χ3n) is 2.22. The zero-order valence-corrected chi connectivity index (χ0v) is 21.0. The van der Waals surface area contributed by atoms with Crippen LogP contribution in [-0.2, 0) is 86.9 Å². The van der Waals surface area contributed by atoms with Gasteiger partial charge in [-0.1, -0.05) is 0 Å². The van der Waals surface area contributed by atoms with E-state index in [1.807, 2.05) is 121 Å². The maximum absolute atomic E-state index is 7.50. The van der Waals surface area contributed by atoms with Gasteiger partial charge in [-0.15, -0.1) is 0 Å². The average Bonchev–Trinajstić information content (AvgIpc) is 3.66. The molecule has 0 N–H and O–H groups in total. The van der Waals surface area contributed by atoms with Crippen LogP contribution in [0.25, 0.3) is 0 Å². The van der Waals surface area contributed by atoms with Crippen molar-refractivity contribution in [1.29, 1.82) is 0 Å². The van der Waals surface area contributed by atoms with Crippen LogP contribution >= 0.6 is 0 Å². The Hall–Kier alpha value is -1.56. The molecule has 0 aliphatic rings. The Bertz CT molecular complexity index is 497. The fourth-order valence-corrected chi connectivity index (χ4v) is 1.28. The van der Waals surface area contributed by atoms with Crippen molar-refractivity contribution in [2.24, 2.45) is 0 Å². The molecule has 0 aliphatic carbocycles. The van der Waals surface area contributed by atoms with E-state index in [-0.39, 0.29) is 68.3 Å². The van der Waals surface area contributed by atoms with Crippen molar-refractivity contribution in [2.75, 3.05) is 0 Å². The Kier molecular flexibility index (Phi) is 115. The topological polar surface area (TPSA) is 79.6 Å². The standard InChI is InChI=1S/4C5H5.4CO.4Fe/c4*1-2-4-5-3-1;4*1-2;;;;/h4*1-5H;;;;;;;;/q-5;3*-1;;;;;4*+5. The third-order valence-corrected chi connectivity index (χ3v) is 2.22. The van der Waals surface area contributed by atoms with E-state index in [0.717, 1.165) is 0 Å². The fraction of sp³-hybridized carbons (Fsp3) is 0. The third kappa shape index (κ3) is 63.0. The molecule has 160 valence electrons. The van der Waals surface area contributed by atoms with E-state index in [1.165, 1.54) is 0 Å². The van der Waals surface area contributed by atoms with Crippen LogP contribution in [0.4, 0.5) is 0 Å². The first-order chi connectivity index (χ1) is 14.0. The van der Waals surface area contributed by atoms with E-state index in [2.05, 4.69) is 26.6 Å². The maximum Gasteiger partial charge on any atom is 5.00 e. The summed E-state index contributed by atoms with van der Waals surface area (Å²) >= 11 is 0. The second-order valence-corrected chi connectivity index (χ2v) is 3.85. The Labute approximate surface area is 233 Å². The van der Waals surface area contributed by atoms with Crippen molar-refractivity contribution < 1.29 is 86.9 Å². The molecule has 4 aromatic rings. The molecule has 0 spiro atoms. The summed E-state index contributed by atoms with van der Waals surface area (Å²) in [6.45, 7) is 18.0. The first-order valence-corrected chi connectivity index (χ1v) is 7.48. The molecule has 0 fully saturated rings. The molecule has 0 saturated heterocycles. The minimum atomic E-state index is 0. The number of hydrogen-bond donors (Lipinski definition) is 0. The van der Waals surface area contributed by atoms with Gasteiger partial charge < -0.3 is 30.3 Å². The van der Waals surface area contributed by atoms with Gasteiger partial charge in [-0.2, -0.15) is 54.6 Å². The van der Waals surface area contributed by atoms with E-state index in [0.29, 0.717) is 0 Å². The predicted molar refractivity (Wildman–Crippen MR) is 104 cm³/mol. The van der Waals surface area contributed by atoms with Gasteiger partial charge in [-0.05, 0) is 0 Å². The molecule has 32 heavy (non-hydrogen) atoms. The van der Waals surface area contributed by atoms with Crippen LogP contribution in [0, 0.1) is 26.6 Å². The molecule has 0 aliphatic heterocycles. The van der Waals surface area contributed by atoms with Crippen LogP contribution in [0.3, 0.4) is 0 Å². The summed E-state index contributed by atoms with van der Waals surface area (Å²) in [5.41, 5.74) is 0. The van der Waals surface area contributed by atoms with Crippen LogP contribution in [0.15, 0.2) is 121 Å². The minimum absolute atomic E-state index is 0. The van der Waals surface area contributed by atoms with Crippen molar-refractivity contribution in [3.05, 3.63) is 148 Å². The van der Waals surface area contributed by atoms with Crippen molar-refractivity contribution >= 4 is 0 Å². The summed E-state index contributed by atoms with van der Waals surface area (Å²) in [6.07, 6.45) is 0. The predicted octanol–water partition coefficient (Wildman–Crippen LogP) is 5.46. The summed E-state index contributed by atoms with van der Waals surface area (Å²) in [7, 11) is 0. The van der Waals surface area contributed by atoms with E-state index in [1.54, 1.807) is 0 Å². The Morgan fingerprint density at radius 1 is 0.312 bits per heavy atom. The Balaban J connectivity index is -0.0000000350. The van der Waals surface area contributed by atoms with Crippen molar-refractivity contribution in [1.82, 2.24) is 0 Å². The molecule has 0 atom stereocenters. The molecule has 4 radical (unpaired) electrons. The van der Waals surface area contributed by atoms with E-state index < -0.39 is 0 Å². The van der Waals surface area contributed by atoms with Crippen LogP contribution in [0.5, 0.6) is 0 Å². The summed E-state index contributed by atoms with van der Waals surface area (Å²) in [4.78, 5) is 0. The molecule has 0 amide bonds. The number of rotatable bonds is 0. The minimum Gasteiger partial charge on any atom is -0.748 e. The van der Waals surface area contributed by atoms with E-state index >= 15 is 0 Å². The molecule has 4 aromatic carbocycles. The van der Waals surface area contributed by atoms with Gasteiger partial charge in [0.2, 0.25) is 0 Å². The van der Waals surface area contributed by atoms with Crippen molar-refractivity contribution in [3.8, 4) is 0 Å². The van der Waals surface area contributed by atoms with E-state index in [4.69, 9.17) is 18.6 Å². The van der Waals surface area contributed by atoms with Gasteiger partial charge in [-0.25, -0.2) is 36.4 Å². The average molecular weight is 596 g/mol. The summed E-state index contributed by atoms with van der Waals surface area (Å²) < 4.78 is 30.0. The maximum atomic E-state index is 7.50. The van der Waals surface area contributed by atoms with Gasteiger partial charge in [0.05, 0.1) is 0 Å². The SMILES string of the molecule is [C-]#[O+].[C-]#[O+].[C-]#[O+].[C-]#[O+].[Fe+5].[Fe+5].[Fe+5].[Fe+5].[cH-]1[cH-][cH-][cH-][cH-]1.c1cc[cH-]c1.c1cc[cH-]c1.c1cc[cH-]c1. The van der Waals surface area contributed by atoms with Crippen LogP contribution < -0.4 is 0 Å². The smallest absolute Gasteiger partial charge is 0.748 e. The van der Waals surface area contributed by atoms with Crippen LogP contribution in [-0.4, -0.2) is 0 Å². The molecule has 0 saturated carbocycles. The van der Waals surface area contributed by atoms with Gasteiger partial charge in [0.25, 0.3) is 0 Å². The van der Waals surface area contributed by atoms with Gasteiger partial charge in [-0.3, -0.25) is 0 Å². The van der Waals surface area contributed by atoms with Crippen molar-refractivity contribution in [2.45, 2.75) is 0 Å². The van der Waals surface area contributed by atoms with Gasteiger partial charge in [0.1, 0.15) is 0 Å². The van der Waals surface area contributed by atoms with Crippen LogP contribution in [0.1, 0.15) is 0 Å². The summed E-state index contributed by atoms with van der Waals surface area (Å²) in [6, 6.07) is 40.0. The van der Waals surface area contributed by atoms with Crippen molar-refractivity contribution in [3.63, 3.8) is 0 Å². The Morgan fingerprint density at radius 2 is 0.438 bits per heavy atom. The van der Waals surface area contributed by atoms with Gasteiger partial charge in [0, 0.05) is 0 Å². The second-order valence-electron chi connectivity index (χ2n) is 3.85. The molecule has 0 aromatic heterocycles. The molecule has 0 heterocycles. The Morgan fingerprint density at radius 3 is 0.500 bits per heavy atom. The molecule has 0 bridgehead atoms. The second kappa shape index (κ2) is 70.0. The van der Waals surface area contributed by atoms with E-state index in [9.17, 15) is 0 Å². The monoisotopic (exact) mass is 596 g/mol. The quantitative estimate of drug-likeness (QED) is 0.147. The normalized spacial score (nSPS) is 5.25. The number of hydrogen-bond acceptors (Lipinski definition) is 0.